The minimum absolute atomic E-state index is 0.0175. The molecule has 2 rings (SSSR count). The van der Waals surface area contributed by atoms with Crippen LogP contribution in [0.25, 0.3) is 0 Å². The fourth-order valence-electron chi connectivity index (χ4n) is 2.59. The van der Waals surface area contributed by atoms with Crippen LogP contribution in [0.2, 0.25) is 10.0 Å². The van der Waals surface area contributed by atoms with Crippen molar-refractivity contribution in [1.29, 1.82) is 0 Å². The van der Waals surface area contributed by atoms with Crippen LogP contribution in [0.3, 0.4) is 0 Å². The van der Waals surface area contributed by atoms with E-state index in [9.17, 15) is 15.2 Å². The van der Waals surface area contributed by atoms with Crippen LogP contribution in [-0.4, -0.2) is 29.2 Å². The van der Waals surface area contributed by atoms with E-state index in [1.807, 2.05) is 4.90 Å². The Bertz CT molecular complexity index is 487. The fourth-order valence-corrected chi connectivity index (χ4v) is 3.29. The van der Waals surface area contributed by atoms with Gasteiger partial charge < -0.3 is 10.0 Å². The second-order valence-corrected chi connectivity index (χ2v) is 5.71. The number of hydrogen-bond donors (Lipinski definition) is 1. The van der Waals surface area contributed by atoms with Gasteiger partial charge in [0, 0.05) is 18.7 Å². The van der Waals surface area contributed by atoms with Gasteiger partial charge in [-0.1, -0.05) is 36.0 Å². The number of nitrogens with zero attached hydrogens (tertiary/aromatic N) is 2. The summed E-state index contributed by atoms with van der Waals surface area (Å²) in [5.41, 5.74) is 0.457. The molecule has 7 heteroatoms. The number of halogens is 2. The second kappa shape index (κ2) is 6.61. The molecule has 1 aromatic carbocycles. The van der Waals surface area contributed by atoms with Crippen LogP contribution < -0.4 is 4.90 Å². The number of hydrogen-bond acceptors (Lipinski definition) is 4. The molecule has 0 saturated carbocycles. The predicted molar refractivity (Wildman–Crippen MR) is 79.8 cm³/mol. The van der Waals surface area contributed by atoms with Crippen molar-refractivity contribution in [2.24, 2.45) is 0 Å². The van der Waals surface area contributed by atoms with Gasteiger partial charge in [0.05, 0.1) is 33.3 Å². The summed E-state index contributed by atoms with van der Waals surface area (Å²) in [6.45, 7) is 0.756. The van der Waals surface area contributed by atoms with E-state index in [2.05, 4.69) is 0 Å². The summed E-state index contributed by atoms with van der Waals surface area (Å²) >= 11 is 12.4. The lowest BCUT2D eigenvalue weighted by atomic mass is 10.1. The largest absolute Gasteiger partial charge is 0.394 e. The normalized spacial score (nSPS) is 19.8. The van der Waals surface area contributed by atoms with Gasteiger partial charge in [-0.2, -0.15) is 0 Å². The van der Waals surface area contributed by atoms with Crippen molar-refractivity contribution in [3.63, 3.8) is 0 Å². The van der Waals surface area contributed by atoms with Crippen molar-refractivity contribution in [1.82, 2.24) is 0 Å². The van der Waals surface area contributed by atoms with Gasteiger partial charge in [-0.05, 0) is 12.8 Å². The first-order valence-corrected chi connectivity index (χ1v) is 7.31. The van der Waals surface area contributed by atoms with E-state index in [1.54, 1.807) is 0 Å². The first-order valence-electron chi connectivity index (χ1n) is 6.55. The Morgan fingerprint density at radius 1 is 1.30 bits per heavy atom. The lowest BCUT2D eigenvalue weighted by molar-refractivity contribution is -0.384. The Labute approximate surface area is 127 Å². The highest BCUT2D eigenvalue weighted by atomic mass is 35.5. The predicted octanol–water partition coefficient (Wildman–Crippen LogP) is 3.64. The first-order chi connectivity index (χ1) is 9.54. The first kappa shape index (κ1) is 15.4. The second-order valence-electron chi connectivity index (χ2n) is 4.89. The highest BCUT2D eigenvalue weighted by Crippen LogP contribution is 2.39. The fraction of sp³-hybridized carbons (Fsp3) is 0.538. The summed E-state index contributed by atoms with van der Waals surface area (Å²) in [5.74, 6) is 0. The number of nitro groups is 1. The molecule has 0 radical (unpaired) electrons. The van der Waals surface area contributed by atoms with Gasteiger partial charge in [0.15, 0.2) is 0 Å². The number of rotatable bonds is 3. The molecule has 0 amide bonds. The highest BCUT2D eigenvalue weighted by Gasteiger charge is 2.26. The molecule has 1 aromatic rings. The van der Waals surface area contributed by atoms with E-state index in [4.69, 9.17) is 23.2 Å². The lowest BCUT2D eigenvalue weighted by Gasteiger charge is -2.32. The van der Waals surface area contributed by atoms with Crippen molar-refractivity contribution in [3.8, 4) is 0 Å². The number of aliphatic hydroxyl groups is 1. The van der Waals surface area contributed by atoms with E-state index in [0.717, 1.165) is 32.2 Å². The Kier molecular flexibility index (Phi) is 5.07. The van der Waals surface area contributed by atoms with E-state index in [1.165, 1.54) is 12.1 Å². The van der Waals surface area contributed by atoms with E-state index >= 15 is 0 Å². The van der Waals surface area contributed by atoms with Crippen molar-refractivity contribution >= 4 is 34.6 Å². The molecule has 5 nitrogen and oxygen atoms in total. The van der Waals surface area contributed by atoms with Crippen molar-refractivity contribution in [2.45, 2.75) is 31.7 Å². The lowest BCUT2D eigenvalue weighted by Crippen LogP contribution is -2.38. The van der Waals surface area contributed by atoms with E-state index in [0.29, 0.717) is 5.69 Å². The van der Waals surface area contributed by atoms with Crippen LogP contribution in [0.5, 0.6) is 0 Å². The average molecular weight is 319 g/mol. The van der Waals surface area contributed by atoms with Gasteiger partial charge in [-0.15, -0.1) is 0 Å². The van der Waals surface area contributed by atoms with Gasteiger partial charge in [0.2, 0.25) is 0 Å². The third-order valence-corrected chi connectivity index (χ3v) is 4.16. The third kappa shape index (κ3) is 3.16. The maximum absolute atomic E-state index is 10.8. The minimum Gasteiger partial charge on any atom is -0.394 e. The van der Waals surface area contributed by atoms with Gasteiger partial charge in [0.1, 0.15) is 0 Å². The van der Waals surface area contributed by atoms with Crippen LogP contribution in [0.1, 0.15) is 25.7 Å². The standard InChI is InChI=1S/C13H16Cl2N2O3/c14-11-6-10(17(19)20)7-12(15)13(11)16-5-3-1-2-4-9(16)8-18/h6-7,9,18H,1-5,8H2. The Morgan fingerprint density at radius 2 is 1.95 bits per heavy atom. The molecule has 1 atom stereocenters. The molecule has 1 unspecified atom stereocenters. The number of nitro benzene ring substituents is 1. The molecule has 1 aliphatic heterocycles. The van der Waals surface area contributed by atoms with Crippen LogP contribution in [0, 0.1) is 10.1 Å². The van der Waals surface area contributed by atoms with Gasteiger partial charge in [-0.25, -0.2) is 0 Å². The minimum atomic E-state index is -0.520. The molecule has 0 aromatic heterocycles. The SMILES string of the molecule is O=[N+]([O-])c1cc(Cl)c(N2CCCCCC2CO)c(Cl)c1. The molecule has 20 heavy (non-hydrogen) atoms. The maximum atomic E-state index is 10.8. The number of non-ortho nitro benzene ring substituents is 1. The Balaban J connectivity index is 2.42. The van der Waals surface area contributed by atoms with E-state index in [-0.39, 0.29) is 28.4 Å². The molecule has 0 spiro atoms. The highest BCUT2D eigenvalue weighted by molar-refractivity contribution is 6.39. The summed E-state index contributed by atoms with van der Waals surface area (Å²) in [4.78, 5) is 12.3. The zero-order valence-corrected chi connectivity index (χ0v) is 12.4. The van der Waals surface area contributed by atoms with Gasteiger partial charge in [-0.3, -0.25) is 10.1 Å². The number of benzene rings is 1. The topological polar surface area (TPSA) is 66.6 Å². The molecule has 0 aliphatic carbocycles. The van der Waals surface area contributed by atoms with Crippen molar-refractivity contribution < 1.29 is 10.0 Å². The number of aliphatic hydroxyl groups excluding tert-OH is 1. The van der Waals surface area contributed by atoms with Crippen molar-refractivity contribution in [3.05, 3.63) is 32.3 Å². The molecule has 1 saturated heterocycles. The summed E-state index contributed by atoms with van der Waals surface area (Å²) in [7, 11) is 0. The Morgan fingerprint density at radius 3 is 2.50 bits per heavy atom. The molecule has 0 bridgehead atoms. The van der Waals surface area contributed by atoms with Crippen molar-refractivity contribution in [2.75, 3.05) is 18.1 Å². The van der Waals surface area contributed by atoms with Gasteiger partial charge in [0.25, 0.3) is 5.69 Å². The number of anilines is 1. The molecular weight excluding hydrogens is 303 g/mol. The van der Waals surface area contributed by atoms with E-state index < -0.39 is 4.92 Å². The molecule has 1 N–H and O–H groups in total. The summed E-state index contributed by atoms with van der Waals surface area (Å²) in [6, 6.07) is 2.57. The summed E-state index contributed by atoms with van der Waals surface area (Å²) in [6.07, 6.45) is 3.99. The molecule has 1 aliphatic rings. The van der Waals surface area contributed by atoms with Gasteiger partial charge >= 0.3 is 0 Å². The van der Waals surface area contributed by atoms with Crippen LogP contribution in [-0.2, 0) is 0 Å². The third-order valence-electron chi connectivity index (χ3n) is 3.59. The Hall–Kier alpha value is -1.04. The quantitative estimate of drug-likeness (QED) is 0.682. The monoisotopic (exact) mass is 318 g/mol. The average Bonchev–Trinajstić information content (AvgIpc) is 2.63. The molecule has 1 fully saturated rings. The smallest absolute Gasteiger partial charge is 0.272 e. The molecule has 110 valence electrons. The molecular formula is C13H16Cl2N2O3. The van der Waals surface area contributed by atoms with Crippen LogP contribution in [0.4, 0.5) is 11.4 Å². The summed E-state index contributed by atoms with van der Waals surface area (Å²) in [5, 5.41) is 20.8. The van der Waals surface area contributed by atoms with Crippen LogP contribution >= 0.6 is 23.2 Å². The van der Waals surface area contributed by atoms with Crippen LogP contribution in [0.15, 0.2) is 12.1 Å². The zero-order valence-electron chi connectivity index (χ0n) is 10.9. The summed E-state index contributed by atoms with van der Waals surface area (Å²) < 4.78 is 0. The molecule has 1 heterocycles. The maximum Gasteiger partial charge on any atom is 0.272 e. The zero-order chi connectivity index (χ0) is 14.7.